The van der Waals surface area contributed by atoms with Crippen LogP contribution in [-0.2, 0) is 4.79 Å². The Kier molecular flexibility index (Phi) is 5.69. The molecular weight excluding hydrogens is 224 g/mol. The molecular formula is C15H24N2O. The van der Waals surface area contributed by atoms with Crippen LogP contribution in [0.3, 0.4) is 0 Å². The second-order valence-corrected chi connectivity index (χ2v) is 4.76. The summed E-state index contributed by atoms with van der Waals surface area (Å²) in [6, 6.07) is 5.61. The van der Waals surface area contributed by atoms with Gasteiger partial charge in [0.15, 0.2) is 0 Å². The minimum Gasteiger partial charge on any atom is -0.398 e. The molecule has 0 aliphatic carbocycles. The van der Waals surface area contributed by atoms with Gasteiger partial charge in [-0.1, -0.05) is 32.8 Å². The number of amides is 1. The van der Waals surface area contributed by atoms with Gasteiger partial charge in [0.1, 0.15) is 0 Å². The Morgan fingerprint density at radius 2 is 2.11 bits per heavy atom. The Hall–Kier alpha value is -1.51. The van der Waals surface area contributed by atoms with Crippen molar-refractivity contribution in [1.29, 1.82) is 0 Å². The molecule has 3 heteroatoms. The second-order valence-electron chi connectivity index (χ2n) is 4.76. The van der Waals surface area contributed by atoms with E-state index in [-0.39, 0.29) is 11.8 Å². The lowest BCUT2D eigenvalue weighted by atomic mass is 9.98. The molecule has 0 saturated heterocycles. The fourth-order valence-corrected chi connectivity index (χ4v) is 1.99. The van der Waals surface area contributed by atoms with Gasteiger partial charge in [0.2, 0.25) is 5.91 Å². The number of hydrogen-bond acceptors (Lipinski definition) is 2. The van der Waals surface area contributed by atoms with Crippen LogP contribution in [0.15, 0.2) is 18.2 Å². The van der Waals surface area contributed by atoms with Gasteiger partial charge in [-0.2, -0.15) is 0 Å². The molecule has 100 valence electrons. The fourth-order valence-electron chi connectivity index (χ4n) is 1.99. The summed E-state index contributed by atoms with van der Waals surface area (Å²) in [5, 5.41) is 2.99. The maximum absolute atomic E-state index is 12.2. The third-order valence-electron chi connectivity index (χ3n) is 3.40. The Morgan fingerprint density at radius 3 is 2.72 bits per heavy atom. The van der Waals surface area contributed by atoms with Gasteiger partial charge in [-0.15, -0.1) is 0 Å². The highest BCUT2D eigenvalue weighted by atomic mass is 16.1. The second kappa shape index (κ2) is 7.04. The zero-order valence-electron chi connectivity index (χ0n) is 11.6. The van der Waals surface area contributed by atoms with Crippen molar-refractivity contribution in [3.63, 3.8) is 0 Å². The van der Waals surface area contributed by atoms with E-state index in [0.29, 0.717) is 0 Å². The molecule has 1 unspecified atom stereocenters. The molecule has 0 heterocycles. The number of carbonyl (C=O) groups is 1. The first-order valence-electron chi connectivity index (χ1n) is 6.76. The summed E-state index contributed by atoms with van der Waals surface area (Å²) in [5.74, 6) is 0.213. The van der Waals surface area contributed by atoms with Crippen LogP contribution in [0.4, 0.5) is 11.4 Å². The normalized spacial score (nSPS) is 12.2. The smallest absolute Gasteiger partial charge is 0.227 e. The van der Waals surface area contributed by atoms with Gasteiger partial charge < -0.3 is 11.1 Å². The van der Waals surface area contributed by atoms with E-state index < -0.39 is 0 Å². The topological polar surface area (TPSA) is 55.1 Å². The average Bonchev–Trinajstić information content (AvgIpc) is 2.36. The molecule has 0 aliphatic rings. The molecule has 3 nitrogen and oxygen atoms in total. The standard InChI is InChI=1S/C15H24N2O/c1-4-6-8-12(5-2)15(18)17-14-10-7-9-13(16)11(14)3/h7,9-10,12H,4-6,8,16H2,1-3H3,(H,17,18). The summed E-state index contributed by atoms with van der Waals surface area (Å²) in [6.45, 7) is 6.14. The van der Waals surface area contributed by atoms with Crippen LogP contribution in [0.5, 0.6) is 0 Å². The van der Waals surface area contributed by atoms with Crippen molar-refractivity contribution in [3.05, 3.63) is 23.8 Å². The molecule has 1 rings (SSSR count). The number of anilines is 2. The molecule has 0 aliphatic heterocycles. The molecule has 18 heavy (non-hydrogen) atoms. The first-order valence-corrected chi connectivity index (χ1v) is 6.76. The van der Waals surface area contributed by atoms with Crippen LogP contribution in [0.25, 0.3) is 0 Å². The lowest BCUT2D eigenvalue weighted by molar-refractivity contribution is -0.120. The van der Waals surface area contributed by atoms with Gasteiger partial charge in [-0.05, 0) is 37.5 Å². The maximum atomic E-state index is 12.2. The highest BCUT2D eigenvalue weighted by molar-refractivity contribution is 5.93. The average molecular weight is 248 g/mol. The summed E-state index contributed by atoms with van der Waals surface area (Å²) < 4.78 is 0. The SMILES string of the molecule is CCCCC(CC)C(=O)Nc1cccc(N)c1C. The van der Waals surface area contributed by atoms with Gasteiger partial charge in [0, 0.05) is 17.3 Å². The van der Waals surface area contributed by atoms with E-state index in [9.17, 15) is 4.79 Å². The van der Waals surface area contributed by atoms with Crippen molar-refractivity contribution in [2.45, 2.75) is 46.5 Å². The highest BCUT2D eigenvalue weighted by Crippen LogP contribution is 2.22. The van der Waals surface area contributed by atoms with Crippen LogP contribution >= 0.6 is 0 Å². The summed E-state index contributed by atoms with van der Waals surface area (Å²) in [7, 11) is 0. The number of nitrogens with two attached hydrogens (primary N) is 1. The minimum atomic E-state index is 0.103. The molecule has 1 amide bonds. The summed E-state index contributed by atoms with van der Waals surface area (Å²) in [5.41, 5.74) is 8.32. The van der Waals surface area contributed by atoms with Gasteiger partial charge >= 0.3 is 0 Å². The number of nitrogens with one attached hydrogen (secondary N) is 1. The fraction of sp³-hybridized carbons (Fsp3) is 0.533. The van der Waals surface area contributed by atoms with E-state index in [2.05, 4.69) is 19.2 Å². The van der Waals surface area contributed by atoms with Crippen LogP contribution in [-0.4, -0.2) is 5.91 Å². The van der Waals surface area contributed by atoms with Crippen LogP contribution in [0, 0.1) is 12.8 Å². The largest absolute Gasteiger partial charge is 0.398 e. The predicted molar refractivity (Wildman–Crippen MR) is 77.5 cm³/mol. The van der Waals surface area contributed by atoms with Crippen LogP contribution in [0.1, 0.15) is 45.1 Å². The Labute approximate surface area is 110 Å². The van der Waals surface area contributed by atoms with Crippen molar-refractivity contribution in [1.82, 2.24) is 0 Å². The van der Waals surface area contributed by atoms with Gasteiger partial charge in [-0.25, -0.2) is 0 Å². The van der Waals surface area contributed by atoms with Crippen molar-refractivity contribution in [3.8, 4) is 0 Å². The van der Waals surface area contributed by atoms with E-state index in [0.717, 1.165) is 42.6 Å². The monoisotopic (exact) mass is 248 g/mol. The van der Waals surface area contributed by atoms with Gasteiger partial charge in [0.25, 0.3) is 0 Å². The van der Waals surface area contributed by atoms with E-state index in [1.165, 1.54) is 0 Å². The third kappa shape index (κ3) is 3.76. The number of carbonyl (C=O) groups excluding carboxylic acids is 1. The molecule has 1 aromatic rings. The lowest BCUT2D eigenvalue weighted by Gasteiger charge is -2.16. The molecule has 0 radical (unpaired) electrons. The molecule has 0 saturated carbocycles. The molecule has 0 fully saturated rings. The van der Waals surface area contributed by atoms with Crippen molar-refractivity contribution >= 4 is 17.3 Å². The first-order chi connectivity index (χ1) is 8.60. The lowest BCUT2D eigenvalue weighted by Crippen LogP contribution is -2.22. The molecule has 0 bridgehead atoms. The maximum Gasteiger partial charge on any atom is 0.227 e. The van der Waals surface area contributed by atoms with E-state index in [4.69, 9.17) is 5.73 Å². The first kappa shape index (κ1) is 14.6. The van der Waals surface area contributed by atoms with E-state index >= 15 is 0 Å². The van der Waals surface area contributed by atoms with Crippen molar-refractivity contribution < 1.29 is 4.79 Å². The number of rotatable bonds is 6. The molecule has 1 atom stereocenters. The molecule has 0 aromatic heterocycles. The van der Waals surface area contributed by atoms with Crippen molar-refractivity contribution in [2.24, 2.45) is 5.92 Å². The Balaban J connectivity index is 2.70. The molecule has 3 N–H and O–H groups in total. The van der Waals surface area contributed by atoms with E-state index in [1.807, 2.05) is 25.1 Å². The molecule has 1 aromatic carbocycles. The van der Waals surface area contributed by atoms with Crippen molar-refractivity contribution in [2.75, 3.05) is 11.1 Å². The quantitative estimate of drug-likeness (QED) is 0.754. The number of nitrogen functional groups attached to an aromatic ring is 1. The Bertz CT molecular complexity index is 401. The number of hydrogen-bond donors (Lipinski definition) is 2. The summed E-state index contributed by atoms with van der Waals surface area (Å²) >= 11 is 0. The summed E-state index contributed by atoms with van der Waals surface area (Å²) in [6.07, 6.45) is 4.07. The number of unbranched alkanes of at least 4 members (excludes halogenated alkanes) is 1. The minimum absolute atomic E-state index is 0.103. The molecule has 0 spiro atoms. The van der Waals surface area contributed by atoms with Gasteiger partial charge in [0.05, 0.1) is 0 Å². The Morgan fingerprint density at radius 1 is 1.39 bits per heavy atom. The zero-order valence-corrected chi connectivity index (χ0v) is 11.6. The predicted octanol–water partition coefficient (Wildman–Crippen LogP) is 3.73. The van der Waals surface area contributed by atoms with E-state index in [1.54, 1.807) is 0 Å². The third-order valence-corrected chi connectivity index (χ3v) is 3.40. The zero-order chi connectivity index (χ0) is 13.5. The highest BCUT2D eigenvalue weighted by Gasteiger charge is 2.16. The summed E-state index contributed by atoms with van der Waals surface area (Å²) in [4.78, 5) is 12.2. The number of benzene rings is 1. The van der Waals surface area contributed by atoms with Gasteiger partial charge in [-0.3, -0.25) is 4.79 Å². The van der Waals surface area contributed by atoms with Crippen LogP contribution in [0.2, 0.25) is 0 Å². The van der Waals surface area contributed by atoms with Crippen LogP contribution < -0.4 is 11.1 Å².